The Morgan fingerprint density at radius 3 is 2.61 bits per heavy atom. The first-order valence-electron chi connectivity index (χ1n) is 12.3. The number of nitrogens with zero attached hydrogens (tertiary/aromatic N) is 4. The molecule has 7 nitrogen and oxygen atoms in total. The van der Waals surface area contributed by atoms with Crippen molar-refractivity contribution in [2.45, 2.75) is 57.3 Å². The van der Waals surface area contributed by atoms with E-state index >= 15 is 0 Å². The predicted molar refractivity (Wildman–Crippen MR) is 144 cm³/mol. The summed E-state index contributed by atoms with van der Waals surface area (Å²) in [6, 6.07) is 15.4. The zero-order valence-electron chi connectivity index (χ0n) is 21.1. The zero-order chi connectivity index (χ0) is 25.7. The fourth-order valence-corrected chi connectivity index (χ4v) is 5.23. The highest BCUT2D eigenvalue weighted by atomic mass is 32.2. The van der Waals surface area contributed by atoms with Gasteiger partial charge < -0.3 is 14.8 Å². The fourth-order valence-electron chi connectivity index (χ4n) is 4.48. The van der Waals surface area contributed by atoms with Gasteiger partial charge in [-0.25, -0.2) is 0 Å². The van der Waals surface area contributed by atoms with E-state index < -0.39 is 0 Å². The number of anilines is 1. The van der Waals surface area contributed by atoms with Crippen LogP contribution in [0.25, 0.3) is 0 Å². The largest absolute Gasteiger partial charge is 0.328 e. The molecule has 1 saturated heterocycles. The maximum Gasteiger partial charge on any atom is 0.254 e. The van der Waals surface area contributed by atoms with Gasteiger partial charge in [-0.3, -0.25) is 9.59 Å². The van der Waals surface area contributed by atoms with Crippen LogP contribution in [0.15, 0.2) is 66.3 Å². The predicted octanol–water partition coefficient (Wildman–Crippen LogP) is 5.60. The lowest BCUT2D eigenvalue weighted by Gasteiger charge is -2.25. The van der Waals surface area contributed by atoms with Crippen molar-refractivity contribution >= 4 is 29.3 Å². The number of benzene rings is 2. The third-order valence-corrected chi connectivity index (χ3v) is 7.40. The van der Waals surface area contributed by atoms with Crippen LogP contribution in [0.5, 0.6) is 0 Å². The molecule has 3 aromatic rings. The molecule has 1 fully saturated rings. The summed E-state index contributed by atoms with van der Waals surface area (Å²) in [4.78, 5) is 27.9. The lowest BCUT2D eigenvalue weighted by Crippen LogP contribution is -2.32. The van der Waals surface area contributed by atoms with Crippen molar-refractivity contribution in [1.29, 1.82) is 0 Å². The van der Waals surface area contributed by atoms with E-state index in [2.05, 4.69) is 35.9 Å². The van der Waals surface area contributed by atoms with Crippen LogP contribution in [-0.2, 0) is 11.3 Å². The Kier molecular flexibility index (Phi) is 8.25. The Labute approximate surface area is 217 Å². The number of amides is 2. The van der Waals surface area contributed by atoms with Gasteiger partial charge in [0.25, 0.3) is 5.91 Å². The summed E-state index contributed by atoms with van der Waals surface area (Å²) in [6.07, 6.45) is 3.52. The molecular formula is C28H33N5O2S. The summed E-state index contributed by atoms with van der Waals surface area (Å²) in [5.41, 5.74) is 3.68. The van der Waals surface area contributed by atoms with Gasteiger partial charge in [-0.05, 0) is 55.0 Å². The van der Waals surface area contributed by atoms with E-state index in [1.807, 2.05) is 64.9 Å². The third kappa shape index (κ3) is 5.70. The van der Waals surface area contributed by atoms with E-state index in [0.717, 1.165) is 29.9 Å². The van der Waals surface area contributed by atoms with Crippen LogP contribution >= 0.6 is 11.8 Å². The molecule has 0 radical (unpaired) electrons. The maximum atomic E-state index is 13.4. The topological polar surface area (TPSA) is 80.1 Å². The van der Waals surface area contributed by atoms with Crippen molar-refractivity contribution in [3.63, 3.8) is 0 Å². The van der Waals surface area contributed by atoms with Crippen LogP contribution in [-0.4, -0.2) is 43.8 Å². The second-order valence-electron chi connectivity index (χ2n) is 9.33. The number of rotatable bonds is 9. The highest BCUT2D eigenvalue weighted by Crippen LogP contribution is 2.34. The smallest absolute Gasteiger partial charge is 0.254 e. The number of thioether (sulfide) groups is 1. The van der Waals surface area contributed by atoms with Gasteiger partial charge in [0.05, 0.1) is 11.8 Å². The summed E-state index contributed by atoms with van der Waals surface area (Å²) in [6.45, 7) is 11.3. The Morgan fingerprint density at radius 2 is 1.92 bits per heavy atom. The molecule has 1 unspecified atom stereocenters. The van der Waals surface area contributed by atoms with E-state index in [0.29, 0.717) is 29.7 Å². The quantitative estimate of drug-likeness (QED) is 0.304. The monoisotopic (exact) mass is 503 g/mol. The Bertz CT molecular complexity index is 1230. The minimum absolute atomic E-state index is 0.0146. The normalized spacial score (nSPS) is 15.3. The standard InChI is InChI=1S/C28H33N5O2S/c1-5-16-33-26(24-11-8-17-32(24)27(35)23-10-7-6-9-20(23)4)30-31-28(33)36-18-25(34)29-22-14-12-21(13-15-22)19(2)3/h5-7,9-10,12-15,19,24H,1,8,11,16-18H2,2-4H3,(H,29,34). The molecule has 1 N–H and O–H groups in total. The fraction of sp³-hybridized carbons (Fsp3) is 0.357. The van der Waals surface area contributed by atoms with Gasteiger partial charge in [0.1, 0.15) is 0 Å². The number of nitrogens with one attached hydrogen (secondary N) is 1. The molecule has 188 valence electrons. The maximum absolute atomic E-state index is 13.4. The van der Waals surface area contributed by atoms with E-state index in [-0.39, 0.29) is 23.6 Å². The molecule has 0 bridgehead atoms. The Hall–Kier alpha value is -3.39. The van der Waals surface area contributed by atoms with Crippen molar-refractivity contribution in [1.82, 2.24) is 19.7 Å². The number of aryl methyl sites for hydroxylation is 1. The average Bonchev–Trinajstić information content (AvgIpc) is 3.50. The molecule has 1 atom stereocenters. The molecule has 1 aliphatic rings. The summed E-state index contributed by atoms with van der Waals surface area (Å²) in [5, 5.41) is 12.4. The highest BCUT2D eigenvalue weighted by molar-refractivity contribution is 7.99. The number of aromatic nitrogens is 3. The molecule has 0 spiro atoms. The van der Waals surface area contributed by atoms with Crippen LogP contribution in [0.4, 0.5) is 5.69 Å². The molecule has 4 rings (SSSR count). The zero-order valence-corrected chi connectivity index (χ0v) is 21.9. The van der Waals surface area contributed by atoms with Gasteiger partial charge in [-0.1, -0.05) is 62.0 Å². The molecule has 2 amide bonds. The van der Waals surface area contributed by atoms with E-state index in [9.17, 15) is 9.59 Å². The SMILES string of the molecule is C=CCn1c(SCC(=O)Nc2ccc(C(C)C)cc2)nnc1C1CCCN1C(=O)c1ccccc1C. The van der Waals surface area contributed by atoms with Gasteiger partial charge in [0, 0.05) is 24.3 Å². The third-order valence-electron chi connectivity index (χ3n) is 6.44. The Balaban J connectivity index is 1.46. The lowest BCUT2D eigenvalue weighted by atomic mass is 10.0. The van der Waals surface area contributed by atoms with Crippen LogP contribution in [0.2, 0.25) is 0 Å². The van der Waals surface area contributed by atoms with Crippen LogP contribution in [0, 0.1) is 6.92 Å². The molecule has 8 heteroatoms. The number of carbonyl (C=O) groups is 2. The van der Waals surface area contributed by atoms with Gasteiger partial charge in [0.2, 0.25) is 5.91 Å². The van der Waals surface area contributed by atoms with E-state index in [4.69, 9.17) is 0 Å². The molecule has 2 heterocycles. The number of carbonyl (C=O) groups excluding carboxylic acids is 2. The summed E-state index contributed by atoms with van der Waals surface area (Å²) in [5.74, 6) is 1.29. The number of allylic oxidation sites excluding steroid dienone is 1. The number of hydrogen-bond acceptors (Lipinski definition) is 5. The van der Waals surface area contributed by atoms with Crippen molar-refractivity contribution in [3.8, 4) is 0 Å². The molecule has 1 aliphatic heterocycles. The lowest BCUT2D eigenvalue weighted by molar-refractivity contribution is -0.113. The summed E-state index contributed by atoms with van der Waals surface area (Å²) < 4.78 is 1.97. The highest BCUT2D eigenvalue weighted by Gasteiger charge is 2.35. The van der Waals surface area contributed by atoms with Crippen LogP contribution < -0.4 is 5.32 Å². The van der Waals surface area contributed by atoms with E-state index in [1.165, 1.54) is 17.3 Å². The second kappa shape index (κ2) is 11.6. The van der Waals surface area contributed by atoms with Crippen molar-refractivity contribution in [2.75, 3.05) is 17.6 Å². The summed E-state index contributed by atoms with van der Waals surface area (Å²) >= 11 is 1.34. The minimum atomic E-state index is -0.160. The molecule has 0 saturated carbocycles. The number of likely N-dealkylation sites (tertiary alicyclic amines) is 1. The van der Waals surface area contributed by atoms with E-state index in [1.54, 1.807) is 6.08 Å². The van der Waals surface area contributed by atoms with Crippen LogP contribution in [0.3, 0.4) is 0 Å². The van der Waals surface area contributed by atoms with Crippen molar-refractivity contribution in [2.24, 2.45) is 0 Å². The van der Waals surface area contributed by atoms with Crippen LogP contribution in [0.1, 0.15) is 66.0 Å². The molecule has 0 aliphatic carbocycles. The molecular weight excluding hydrogens is 470 g/mol. The molecule has 1 aromatic heterocycles. The minimum Gasteiger partial charge on any atom is -0.328 e. The average molecular weight is 504 g/mol. The molecule has 36 heavy (non-hydrogen) atoms. The van der Waals surface area contributed by atoms with Gasteiger partial charge >= 0.3 is 0 Å². The van der Waals surface area contributed by atoms with Crippen molar-refractivity contribution < 1.29 is 9.59 Å². The van der Waals surface area contributed by atoms with Crippen molar-refractivity contribution in [3.05, 3.63) is 83.7 Å². The second-order valence-corrected chi connectivity index (χ2v) is 10.3. The first-order valence-corrected chi connectivity index (χ1v) is 13.3. The van der Waals surface area contributed by atoms with Gasteiger partial charge in [0.15, 0.2) is 11.0 Å². The first-order chi connectivity index (χ1) is 17.4. The number of hydrogen-bond donors (Lipinski definition) is 1. The van der Waals surface area contributed by atoms with Gasteiger partial charge in [-0.15, -0.1) is 16.8 Å². The Morgan fingerprint density at radius 1 is 1.17 bits per heavy atom. The summed E-state index contributed by atoms with van der Waals surface area (Å²) in [7, 11) is 0. The molecule has 2 aromatic carbocycles. The van der Waals surface area contributed by atoms with Gasteiger partial charge in [-0.2, -0.15) is 0 Å². The first kappa shape index (κ1) is 25.7.